The van der Waals surface area contributed by atoms with Crippen LogP contribution in [0.1, 0.15) is 0 Å². The smallest absolute Gasteiger partial charge is 0.195 e. The molecule has 0 heterocycles. The van der Waals surface area contributed by atoms with E-state index in [0.717, 1.165) is 5.69 Å². The highest BCUT2D eigenvalue weighted by Gasteiger charge is 2.07. The SMILES string of the molecule is CSc1cccc(N(C)C(N)=NCCCl)c1.c1cc2cc-2c1. The van der Waals surface area contributed by atoms with Gasteiger partial charge in [-0.2, -0.15) is 0 Å². The maximum Gasteiger partial charge on any atom is 0.195 e. The molecule has 0 aliphatic heterocycles. The molecule has 22 heavy (non-hydrogen) atoms. The van der Waals surface area contributed by atoms with Crippen LogP contribution in [0.25, 0.3) is 11.1 Å². The van der Waals surface area contributed by atoms with Gasteiger partial charge < -0.3 is 10.6 Å². The van der Waals surface area contributed by atoms with E-state index in [2.05, 4.69) is 41.4 Å². The number of rotatable bonds is 4. The van der Waals surface area contributed by atoms with E-state index < -0.39 is 0 Å². The Balaban J connectivity index is 0.000000238. The Morgan fingerprint density at radius 3 is 2.36 bits per heavy atom. The molecule has 0 saturated carbocycles. The van der Waals surface area contributed by atoms with Gasteiger partial charge in [0.05, 0.1) is 6.54 Å². The topological polar surface area (TPSA) is 41.6 Å². The number of hydrogen-bond acceptors (Lipinski definition) is 2. The van der Waals surface area contributed by atoms with Crippen molar-refractivity contribution in [3.8, 4) is 11.1 Å². The van der Waals surface area contributed by atoms with Crippen molar-refractivity contribution >= 4 is 35.0 Å². The predicted molar refractivity (Wildman–Crippen MR) is 99.3 cm³/mol. The summed E-state index contributed by atoms with van der Waals surface area (Å²) in [4.78, 5) is 7.21. The second kappa shape index (κ2) is 8.11. The van der Waals surface area contributed by atoms with E-state index in [1.165, 1.54) is 16.0 Å². The van der Waals surface area contributed by atoms with Crippen molar-refractivity contribution in [2.24, 2.45) is 10.7 Å². The average Bonchev–Trinajstić information content (AvgIpc) is 3.17. The van der Waals surface area contributed by atoms with Gasteiger partial charge in [-0.15, -0.1) is 23.4 Å². The lowest BCUT2D eigenvalue weighted by atomic mass is 10.3. The molecule has 1 aromatic rings. The molecule has 0 atom stereocenters. The van der Waals surface area contributed by atoms with Crippen LogP contribution in [-0.2, 0) is 0 Å². The number of thioether (sulfide) groups is 1. The van der Waals surface area contributed by atoms with Crippen molar-refractivity contribution in [3.63, 3.8) is 0 Å². The quantitative estimate of drug-likeness (QED) is 0.339. The van der Waals surface area contributed by atoms with Crippen LogP contribution < -0.4 is 10.6 Å². The summed E-state index contributed by atoms with van der Waals surface area (Å²) in [5, 5.41) is 0. The number of hydrogen-bond donors (Lipinski definition) is 1. The Labute approximate surface area is 141 Å². The molecule has 2 aliphatic rings. The fourth-order valence-corrected chi connectivity index (χ4v) is 2.43. The lowest BCUT2D eigenvalue weighted by molar-refractivity contribution is 1.09. The molecule has 3 rings (SSSR count). The first-order chi connectivity index (χ1) is 10.7. The summed E-state index contributed by atoms with van der Waals surface area (Å²) in [5.74, 6) is 0.971. The van der Waals surface area contributed by atoms with E-state index in [9.17, 15) is 0 Å². The number of nitrogens with zero attached hydrogens (tertiary/aromatic N) is 2. The van der Waals surface area contributed by atoms with Crippen molar-refractivity contribution in [3.05, 3.63) is 48.5 Å². The number of nitrogens with two attached hydrogens (primary N) is 1. The Bertz CT molecular complexity index is 641. The summed E-state index contributed by atoms with van der Waals surface area (Å²) >= 11 is 7.26. The molecule has 1 aromatic carbocycles. The fraction of sp³-hybridized carbons (Fsp3) is 0.235. The highest BCUT2D eigenvalue weighted by Crippen LogP contribution is 2.32. The van der Waals surface area contributed by atoms with Crippen molar-refractivity contribution in [2.45, 2.75) is 4.90 Å². The molecular formula is C17H20ClN3S. The minimum atomic E-state index is 0.485. The monoisotopic (exact) mass is 333 g/mol. The number of halogens is 1. The first kappa shape index (κ1) is 16.7. The predicted octanol–water partition coefficient (Wildman–Crippen LogP) is 4.07. The summed E-state index contributed by atoms with van der Waals surface area (Å²) in [7, 11) is 1.90. The molecule has 2 N–H and O–H groups in total. The third kappa shape index (κ3) is 4.68. The molecular weight excluding hydrogens is 314 g/mol. The third-order valence-corrected chi connectivity index (χ3v) is 4.15. The van der Waals surface area contributed by atoms with Crippen molar-refractivity contribution in [2.75, 3.05) is 30.6 Å². The van der Waals surface area contributed by atoms with Gasteiger partial charge in [0.15, 0.2) is 5.96 Å². The Kier molecular flexibility index (Phi) is 6.16. The standard InChI is InChI=1S/C11H16ClN3S.C6H4/c1-15(11(13)14-7-6-12)9-4-3-5-10(8-9)16-2;1-2-5-4-6(5)3-1/h3-5,8H,6-7H2,1-2H3,(H2,13,14);1-4H. The lowest BCUT2D eigenvalue weighted by Gasteiger charge is -2.18. The molecule has 0 spiro atoms. The molecule has 0 aromatic heterocycles. The van der Waals surface area contributed by atoms with Crippen LogP contribution >= 0.6 is 23.4 Å². The van der Waals surface area contributed by atoms with Crippen LogP contribution in [0.15, 0.2) is 58.4 Å². The molecule has 0 radical (unpaired) electrons. The van der Waals surface area contributed by atoms with Crippen LogP contribution in [0.5, 0.6) is 0 Å². The Morgan fingerprint density at radius 1 is 1.18 bits per heavy atom. The van der Waals surface area contributed by atoms with Crippen LogP contribution in [-0.4, -0.2) is 31.7 Å². The largest absolute Gasteiger partial charge is 0.370 e. The van der Waals surface area contributed by atoms with Gasteiger partial charge in [0.25, 0.3) is 0 Å². The van der Waals surface area contributed by atoms with E-state index in [-0.39, 0.29) is 0 Å². The first-order valence-corrected chi connectivity index (χ1v) is 8.75. The minimum Gasteiger partial charge on any atom is -0.370 e. The zero-order valence-corrected chi connectivity index (χ0v) is 14.4. The number of benzene rings is 2. The summed E-state index contributed by atoms with van der Waals surface area (Å²) < 4.78 is 0. The van der Waals surface area contributed by atoms with Crippen molar-refractivity contribution in [1.82, 2.24) is 0 Å². The van der Waals surface area contributed by atoms with Crippen LogP contribution in [0.3, 0.4) is 0 Å². The summed E-state index contributed by atoms with van der Waals surface area (Å²) in [5.41, 5.74) is 9.72. The first-order valence-electron chi connectivity index (χ1n) is 7.00. The number of guanidine groups is 1. The molecule has 0 amide bonds. The molecule has 5 heteroatoms. The van der Waals surface area contributed by atoms with Gasteiger partial charge in [0, 0.05) is 23.5 Å². The zero-order chi connectivity index (χ0) is 15.9. The van der Waals surface area contributed by atoms with Gasteiger partial charge in [0.1, 0.15) is 0 Å². The molecule has 116 valence electrons. The highest BCUT2D eigenvalue weighted by molar-refractivity contribution is 7.98. The molecule has 0 bridgehead atoms. The van der Waals surface area contributed by atoms with Crippen LogP contribution in [0.2, 0.25) is 0 Å². The van der Waals surface area contributed by atoms with Gasteiger partial charge in [-0.1, -0.05) is 24.3 Å². The highest BCUT2D eigenvalue weighted by atomic mass is 35.5. The van der Waals surface area contributed by atoms with Gasteiger partial charge in [-0.3, -0.25) is 4.99 Å². The van der Waals surface area contributed by atoms with Crippen LogP contribution in [0.4, 0.5) is 5.69 Å². The molecule has 3 nitrogen and oxygen atoms in total. The molecule has 0 fully saturated rings. The minimum absolute atomic E-state index is 0.485. The van der Waals surface area contributed by atoms with Gasteiger partial charge in [0.2, 0.25) is 0 Å². The van der Waals surface area contributed by atoms with Gasteiger partial charge >= 0.3 is 0 Å². The second-order valence-corrected chi connectivity index (χ2v) is 6.03. The maximum absolute atomic E-state index is 5.84. The third-order valence-electron chi connectivity index (χ3n) is 3.26. The second-order valence-electron chi connectivity index (χ2n) is 4.77. The van der Waals surface area contributed by atoms with E-state index in [4.69, 9.17) is 17.3 Å². The fourth-order valence-electron chi connectivity index (χ4n) is 1.89. The molecule has 2 aliphatic carbocycles. The lowest BCUT2D eigenvalue weighted by Crippen LogP contribution is -2.34. The van der Waals surface area contributed by atoms with Crippen molar-refractivity contribution in [1.29, 1.82) is 0 Å². The zero-order valence-electron chi connectivity index (χ0n) is 12.8. The molecule has 0 saturated heterocycles. The van der Waals surface area contributed by atoms with Gasteiger partial charge in [-0.25, -0.2) is 0 Å². The van der Waals surface area contributed by atoms with E-state index in [1.54, 1.807) is 11.8 Å². The number of alkyl halides is 1. The summed E-state index contributed by atoms with van der Waals surface area (Å²) in [6.45, 7) is 0.542. The normalized spacial score (nSPS) is 11.5. The number of fused-ring (bicyclic) bond motifs is 1. The van der Waals surface area contributed by atoms with Crippen molar-refractivity contribution < 1.29 is 0 Å². The van der Waals surface area contributed by atoms with Crippen LogP contribution in [0, 0.1) is 0 Å². The molecule has 0 unspecified atom stereocenters. The van der Waals surface area contributed by atoms with E-state index in [0.29, 0.717) is 18.4 Å². The Hall–Kier alpha value is -1.65. The van der Waals surface area contributed by atoms with E-state index in [1.807, 2.05) is 30.3 Å². The maximum atomic E-state index is 5.84. The van der Waals surface area contributed by atoms with E-state index >= 15 is 0 Å². The Morgan fingerprint density at radius 2 is 1.86 bits per heavy atom. The van der Waals surface area contributed by atoms with Gasteiger partial charge in [-0.05, 0) is 41.6 Å². The number of anilines is 1. The average molecular weight is 334 g/mol. The summed E-state index contributed by atoms with van der Waals surface area (Å²) in [6.07, 6.45) is 2.05. The number of aliphatic imine (C=N–C) groups is 1. The summed E-state index contributed by atoms with van der Waals surface area (Å²) in [6, 6.07) is 16.6.